The number of fused-ring (bicyclic) bond motifs is 1. The highest BCUT2D eigenvalue weighted by Crippen LogP contribution is 2.36. The number of ether oxygens (including phenoxy) is 2. The number of hydrogen-bond donors (Lipinski definition) is 1. The minimum Gasteiger partial charge on any atom is -0.469 e. The van der Waals surface area contributed by atoms with Gasteiger partial charge in [0.05, 0.1) is 31.4 Å². The first-order valence-electron chi connectivity index (χ1n) is 8.83. The predicted molar refractivity (Wildman–Crippen MR) is 96.0 cm³/mol. The monoisotopic (exact) mass is 350 g/mol. The van der Waals surface area contributed by atoms with Crippen molar-refractivity contribution in [3.8, 4) is 0 Å². The number of nitrogens with one attached hydrogen (secondary N) is 1. The van der Waals surface area contributed by atoms with Gasteiger partial charge in [-0.1, -0.05) is 25.2 Å². The molecule has 0 saturated carbocycles. The fourth-order valence-corrected chi connectivity index (χ4v) is 3.71. The Balaban J connectivity index is 2.32. The molecule has 140 valence electrons. The van der Waals surface area contributed by atoms with Crippen LogP contribution in [0.25, 0.3) is 0 Å². The molecular weight excluding hydrogens is 320 g/mol. The summed E-state index contributed by atoms with van der Waals surface area (Å²) in [5.41, 5.74) is -0.312. The SMILES string of the molecule is C=C[C@H]1O[C@H]2C=CCN([C@H](CC)C(=O)NC(C)(C)C)[C@H]2[C@@H]1C(=O)OC. The van der Waals surface area contributed by atoms with Gasteiger partial charge in [-0.2, -0.15) is 0 Å². The van der Waals surface area contributed by atoms with Crippen molar-refractivity contribution in [3.05, 3.63) is 24.8 Å². The Morgan fingerprint density at radius 3 is 2.68 bits per heavy atom. The average molecular weight is 350 g/mol. The molecule has 6 heteroatoms. The Bertz CT molecular complexity index is 552. The van der Waals surface area contributed by atoms with E-state index >= 15 is 0 Å². The van der Waals surface area contributed by atoms with E-state index in [4.69, 9.17) is 9.47 Å². The van der Waals surface area contributed by atoms with Crippen LogP contribution in [0, 0.1) is 5.92 Å². The smallest absolute Gasteiger partial charge is 0.313 e. The number of amides is 1. The van der Waals surface area contributed by atoms with Gasteiger partial charge in [0.25, 0.3) is 0 Å². The number of carbonyl (C=O) groups excluding carboxylic acids is 2. The third-order valence-corrected chi connectivity index (χ3v) is 4.69. The first-order chi connectivity index (χ1) is 11.7. The van der Waals surface area contributed by atoms with E-state index < -0.39 is 12.0 Å². The van der Waals surface area contributed by atoms with Crippen LogP contribution in [0.1, 0.15) is 34.1 Å². The van der Waals surface area contributed by atoms with Crippen LogP contribution in [0.5, 0.6) is 0 Å². The zero-order valence-corrected chi connectivity index (χ0v) is 15.8. The Morgan fingerprint density at radius 1 is 1.48 bits per heavy atom. The molecule has 1 saturated heterocycles. The van der Waals surface area contributed by atoms with E-state index in [0.29, 0.717) is 13.0 Å². The largest absolute Gasteiger partial charge is 0.469 e. The Hall–Kier alpha value is -1.66. The molecular formula is C19H30N2O4. The maximum atomic E-state index is 12.8. The molecule has 0 radical (unpaired) electrons. The predicted octanol–water partition coefficient (Wildman–Crippen LogP) is 1.66. The summed E-state index contributed by atoms with van der Waals surface area (Å²) in [6.07, 6.45) is 5.57. The molecule has 2 heterocycles. The number of esters is 1. The number of hydrogen-bond acceptors (Lipinski definition) is 5. The molecule has 0 unspecified atom stereocenters. The maximum absolute atomic E-state index is 12.8. The van der Waals surface area contributed by atoms with Crippen molar-refractivity contribution in [1.82, 2.24) is 10.2 Å². The van der Waals surface area contributed by atoms with E-state index in [-0.39, 0.29) is 35.6 Å². The van der Waals surface area contributed by atoms with Gasteiger partial charge in [0.2, 0.25) is 5.91 Å². The van der Waals surface area contributed by atoms with Gasteiger partial charge < -0.3 is 14.8 Å². The van der Waals surface area contributed by atoms with E-state index in [0.717, 1.165) is 0 Å². The molecule has 0 aromatic rings. The van der Waals surface area contributed by atoms with E-state index in [9.17, 15) is 9.59 Å². The van der Waals surface area contributed by atoms with Crippen molar-refractivity contribution >= 4 is 11.9 Å². The van der Waals surface area contributed by atoms with Gasteiger partial charge in [0.15, 0.2) is 0 Å². The van der Waals surface area contributed by atoms with Gasteiger partial charge in [0, 0.05) is 12.1 Å². The first kappa shape index (κ1) is 19.7. The molecule has 6 nitrogen and oxygen atoms in total. The number of rotatable bonds is 5. The first-order valence-corrected chi connectivity index (χ1v) is 8.83. The van der Waals surface area contributed by atoms with Crippen molar-refractivity contribution in [2.24, 2.45) is 5.92 Å². The van der Waals surface area contributed by atoms with Gasteiger partial charge in [-0.15, -0.1) is 6.58 Å². The molecule has 5 atom stereocenters. The van der Waals surface area contributed by atoms with Gasteiger partial charge >= 0.3 is 5.97 Å². The summed E-state index contributed by atoms with van der Waals surface area (Å²) in [5, 5.41) is 3.05. The highest BCUT2D eigenvalue weighted by atomic mass is 16.5. The summed E-state index contributed by atoms with van der Waals surface area (Å²) < 4.78 is 11.0. The van der Waals surface area contributed by atoms with Crippen LogP contribution in [0.3, 0.4) is 0 Å². The molecule has 1 fully saturated rings. The van der Waals surface area contributed by atoms with Crippen LogP contribution in [0.15, 0.2) is 24.8 Å². The van der Waals surface area contributed by atoms with Crippen LogP contribution >= 0.6 is 0 Å². The molecule has 0 aliphatic carbocycles. The second-order valence-electron chi connectivity index (χ2n) is 7.63. The standard InChI is InChI=1S/C19H30N2O4/c1-7-12(17(22)20-19(3,4)5)21-11-9-10-14-16(21)15(18(23)24-6)13(8-2)25-14/h8-10,12-16H,2,7,11H2,1,3-6H3,(H,20,22)/t12-,13-,14+,15-,16-/m1/s1. The van der Waals surface area contributed by atoms with E-state index in [1.54, 1.807) is 6.08 Å². The summed E-state index contributed by atoms with van der Waals surface area (Å²) in [5.74, 6) is -0.854. The third-order valence-electron chi connectivity index (χ3n) is 4.69. The molecule has 0 bridgehead atoms. The number of nitrogens with zero attached hydrogens (tertiary/aromatic N) is 1. The molecule has 2 aliphatic rings. The number of methoxy groups -OCH3 is 1. The quantitative estimate of drug-likeness (QED) is 0.603. The normalized spacial score (nSPS) is 30.4. The lowest BCUT2D eigenvalue weighted by Crippen LogP contribution is -2.59. The van der Waals surface area contributed by atoms with Crippen molar-refractivity contribution in [2.45, 2.75) is 63.9 Å². The van der Waals surface area contributed by atoms with Crippen LogP contribution < -0.4 is 5.32 Å². The Kier molecular flexibility index (Phi) is 6.06. The Labute approximate surface area is 150 Å². The molecule has 2 rings (SSSR count). The molecule has 1 N–H and O–H groups in total. The highest BCUT2D eigenvalue weighted by Gasteiger charge is 2.52. The zero-order valence-electron chi connectivity index (χ0n) is 15.8. The van der Waals surface area contributed by atoms with Crippen molar-refractivity contribution in [2.75, 3.05) is 13.7 Å². The number of carbonyl (C=O) groups is 2. The summed E-state index contributed by atoms with van der Waals surface area (Å²) >= 11 is 0. The second-order valence-corrected chi connectivity index (χ2v) is 7.63. The molecule has 1 amide bonds. The molecule has 0 aromatic heterocycles. The minimum absolute atomic E-state index is 0.0327. The van der Waals surface area contributed by atoms with Crippen LogP contribution in [0.2, 0.25) is 0 Å². The lowest BCUT2D eigenvalue weighted by molar-refractivity contribution is -0.149. The van der Waals surface area contributed by atoms with Gasteiger partial charge in [-0.3, -0.25) is 14.5 Å². The average Bonchev–Trinajstić information content (AvgIpc) is 2.92. The third kappa shape index (κ3) is 4.12. The molecule has 0 spiro atoms. The summed E-state index contributed by atoms with van der Waals surface area (Å²) in [6.45, 7) is 12.2. The fourth-order valence-electron chi connectivity index (χ4n) is 3.71. The topological polar surface area (TPSA) is 67.9 Å². The van der Waals surface area contributed by atoms with Crippen LogP contribution in [-0.4, -0.2) is 60.3 Å². The van der Waals surface area contributed by atoms with Crippen LogP contribution in [0.4, 0.5) is 0 Å². The molecule has 25 heavy (non-hydrogen) atoms. The lowest BCUT2D eigenvalue weighted by Gasteiger charge is -2.40. The van der Waals surface area contributed by atoms with Crippen LogP contribution in [-0.2, 0) is 19.1 Å². The second kappa shape index (κ2) is 7.70. The van der Waals surface area contributed by atoms with E-state index in [2.05, 4.69) is 16.8 Å². The van der Waals surface area contributed by atoms with E-state index in [1.165, 1.54) is 7.11 Å². The van der Waals surface area contributed by atoms with Gasteiger partial charge in [0.1, 0.15) is 5.92 Å². The fraction of sp³-hybridized carbons (Fsp3) is 0.684. The zero-order chi connectivity index (χ0) is 18.8. The van der Waals surface area contributed by atoms with Gasteiger partial charge in [-0.05, 0) is 27.2 Å². The van der Waals surface area contributed by atoms with Crippen molar-refractivity contribution in [1.29, 1.82) is 0 Å². The molecule has 0 aromatic carbocycles. The van der Waals surface area contributed by atoms with Crippen molar-refractivity contribution in [3.63, 3.8) is 0 Å². The highest BCUT2D eigenvalue weighted by molar-refractivity contribution is 5.83. The van der Waals surface area contributed by atoms with Gasteiger partial charge in [-0.25, -0.2) is 0 Å². The lowest BCUT2D eigenvalue weighted by atomic mass is 9.88. The summed E-state index contributed by atoms with van der Waals surface area (Å²) in [4.78, 5) is 27.3. The van der Waals surface area contributed by atoms with Crippen molar-refractivity contribution < 1.29 is 19.1 Å². The minimum atomic E-state index is -0.492. The summed E-state index contributed by atoms with van der Waals surface area (Å²) in [7, 11) is 1.38. The molecule has 2 aliphatic heterocycles. The summed E-state index contributed by atoms with van der Waals surface area (Å²) in [6, 6.07) is -0.577. The van der Waals surface area contributed by atoms with E-state index in [1.807, 2.05) is 39.8 Å². The Morgan fingerprint density at radius 2 is 2.16 bits per heavy atom. The maximum Gasteiger partial charge on any atom is 0.313 e.